The third kappa shape index (κ3) is 1.53. The molecule has 1 heterocycles. The number of nitrogens with one attached hydrogen (secondary N) is 1. The summed E-state index contributed by atoms with van der Waals surface area (Å²) in [5, 5.41) is 1.23. The van der Waals surface area contributed by atoms with Crippen LogP contribution in [0.2, 0.25) is 0 Å². The van der Waals surface area contributed by atoms with Crippen LogP contribution >= 0.6 is 15.9 Å². The Morgan fingerprint density at radius 3 is 3.00 bits per heavy atom. The van der Waals surface area contributed by atoms with Gasteiger partial charge in [0, 0.05) is 33.2 Å². The molecule has 0 aliphatic heterocycles. The summed E-state index contributed by atoms with van der Waals surface area (Å²) < 4.78 is 1.09. The van der Waals surface area contributed by atoms with E-state index < -0.39 is 0 Å². The van der Waals surface area contributed by atoms with Gasteiger partial charge < -0.3 is 10.7 Å². The van der Waals surface area contributed by atoms with Gasteiger partial charge in [0.15, 0.2) is 0 Å². The van der Waals surface area contributed by atoms with E-state index in [1.54, 1.807) is 6.20 Å². The number of hydrogen-bond donors (Lipinski definition) is 2. The second kappa shape index (κ2) is 3.36. The highest BCUT2D eigenvalue weighted by molar-refractivity contribution is 9.10. The highest BCUT2D eigenvalue weighted by Crippen LogP contribution is 2.22. The molecule has 0 fully saturated rings. The zero-order valence-corrected chi connectivity index (χ0v) is 8.64. The molecule has 0 spiro atoms. The van der Waals surface area contributed by atoms with Gasteiger partial charge >= 0.3 is 0 Å². The molecule has 66 valence electrons. The second-order valence-corrected chi connectivity index (χ2v) is 3.75. The van der Waals surface area contributed by atoms with Crippen molar-refractivity contribution in [3.63, 3.8) is 0 Å². The highest BCUT2D eigenvalue weighted by atomic mass is 79.9. The number of aromatic nitrogens is 1. The maximum Gasteiger partial charge on any atom is 0.0916 e. The molecule has 0 amide bonds. The molecular formula is C10H10BrN2+. The Bertz CT molecular complexity index is 457. The molecule has 0 unspecified atom stereocenters. The van der Waals surface area contributed by atoms with Crippen LogP contribution in [0.15, 0.2) is 35.1 Å². The Labute approximate surface area is 84.6 Å². The average molecular weight is 238 g/mol. The fourth-order valence-corrected chi connectivity index (χ4v) is 1.75. The molecular weight excluding hydrogens is 228 g/mol. The molecule has 1 aromatic heterocycles. The van der Waals surface area contributed by atoms with Crippen molar-refractivity contribution in [1.82, 2.24) is 4.98 Å². The van der Waals surface area contributed by atoms with E-state index in [2.05, 4.69) is 38.8 Å². The molecule has 1 aromatic carbocycles. The number of quaternary nitrogens is 1. The van der Waals surface area contributed by atoms with Crippen LogP contribution in [0.1, 0.15) is 5.56 Å². The van der Waals surface area contributed by atoms with Crippen LogP contribution in [-0.2, 0) is 0 Å². The Kier molecular flexibility index (Phi) is 2.20. The SMILES string of the molecule is [NH3+]/C=C/c1c[nH]c2cc(Br)ccc12. The molecule has 0 aliphatic carbocycles. The quantitative estimate of drug-likeness (QED) is 0.764. The van der Waals surface area contributed by atoms with Crippen LogP contribution in [0.25, 0.3) is 17.0 Å². The van der Waals surface area contributed by atoms with Crippen molar-refractivity contribution in [3.8, 4) is 0 Å². The first-order valence-electron chi connectivity index (χ1n) is 4.03. The van der Waals surface area contributed by atoms with Gasteiger partial charge in [-0.1, -0.05) is 22.0 Å². The molecule has 0 radical (unpaired) electrons. The second-order valence-electron chi connectivity index (χ2n) is 2.84. The Balaban J connectivity index is 2.68. The van der Waals surface area contributed by atoms with E-state index in [0.717, 1.165) is 9.99 Å². The van der Waals surface area contributed by atoms with E-state index in [9.17, 15) is 0 Å². The summed E-state index contributed by atoms with van der Waals surface area (Å²) in [5.74, 6) is 0. The summed E-state index contributed by atoms with van der Waals surface area (Å²) >= 11 is 3.43. The van der Waals surface area contributed by atoms with Gasteiger partial charge in [-0.3, -0.25) is 0 Å². The maximum absolute atomic E-state index is 3.68. The van der Waals surface area contributed by atoms with Crippen LogP contribution in [0, 0.1) is 0 Å². The van der Waals surface area contributed by atoms with E-state index in [-0.39, 0.29) is 0 Å². The zero-order valence-electron chi connectivity index (χ0n) is 7.05. The fourth-order valence-electron chi connectivity index (χ4n) is 1.39. The van der Waals surface area contributed by atoms with Crippen molar-refractivity contribution in [2.45, 2.75) is 0 Å². The van der Waals surface area contributed by atoms with Gasteiger partial charge in [0.1, 0.15) is 0 Å². The summed E-state index contributed by atoms with van der Waals surface area (Å²) in [6.45, 7) is 0. The van der Waals surface area contributed by atoms with Crippen molar-refractivity contribution in [3.05, 3.63) is 40.6 Å². The van der Waals surface area contributed by atoms with Gasteiger partial charge in [0.25, 0.3) is 0 Å². The van der Waals surface area contributed by atoms with Crippen LogP contribution in [0.4, 0.5) is 0 Å². The number of hydrogen-bond acceptors (Lipinski definition) is 0. The monoisotopic (exact) mass is 237 g/mol. The molecule has 0 atom stereocenters. The standard InChI is InChI=1S/C10H9BrN2/c11-8-1-2-9-7(3-4-12)6-13-10(9)5-8/h1-6,13H,12H2/p+1/b4-3+. The van der Waals surface area contributed by atoms with Gasteiger partial charge in [-0.05, 0) is 12.1 Å². The molecule has 2 rings (SSSR count). The fraction of sp³-hybridized carbons (Fsp3) is 0. The largest absolute Gasteiger partial charge is 0.361 e. The summed E-state index contributed by atoms with van der Waals surface area (Å²) in [7, 11) is 0. The van der Waals surface area contributed by atoms with Gasteiger partial charge in [-0.2, -0.15) is 0 Å². The van der Waals surface area contributed by atoms with E-state index in [4.69, 9.17) is 0 Å². The number of rotatable bonds is 1. The molecule has 0 bridgehead atoms. The first-order valence-corrected chi connectivity index (χ1v) is 4.83. The highest BCUT2D eigenvalue weighted by Gasteiger charge is 2.00. The molecule has 2 aromatic rings. The van der Waals surface area contributed by atoms with Gasteiger partial charge in [-0.25, -0.2) is 0 Å². The Morgan fingerprint density at radius 1 is 1.38 bits per heavy atom. The lowest BCUT2D eigenvalue weighted by molar-refractivity contribution is -0.272. The number of fused-ring (bicyclic) bond motifs is 1. The number of benzene rings is 1. The van der Waals surface area contributed by atoms with Crippen molar-refractivity contribution >= 4 is 32.9 Å². The summed E-state index contributed by atoms with van der Waals surface area (Å²) in [4.78, 5) is 3.20. The Hall–Kier alpha value is -1.06. The minimum atomic E-state index is 1.09. The van der Waals surface area contributed by atoms with Crippen molar-refractivity contribution in [2.75, 3.05) is 0 Å². The first kappa shape index (κ1) is 8.53. The summed E-state index contributed by atoms with van der Waals surface area (Å²) in [6, 6.07) is 6.19. The number of H-pyrrole nitrogens is 1. The predicted molar refractivity (Wildman–Crippen MR) is 57.9 cm³/mol. The van der Waals surface area contributed by atoms with Gasteiger partial charge in [0.2, 0.25) is 0 Å². The molecule has 4 N–H and O–H groups in total. The zero-order chi connectivity index (χ0) is 9.26. The number of halogens is 1. The van der Waals surface area contributed by atoms with E-state index in [1.165, 1.54) is 10.9 Å². The lowest BCUT2D eigenvalue weighted by Gasteiger charge is -1.92. The predicted octanol–water partition coefficient (Wildman–Crippen LogP) is 2.14. The van der Waals surface area contributed by atoms with Crippen LogP contribution in [0.3, 0.4) is 0 Å². The third-order valence-corrected chi connectivity index (χ3v) is 2.47. The lowest BCUT2D eigenvalue weighted by atomic mass is 10.2. The molecule has 2 nitrogen and oxygen atoms in total. The molecule has 0 saturated carbocycles. The van der Waals surface area contributed by atoms with Crippen LogP contribution < -0.4 is 5.73 Å². The number of aromatic amines is 1. The van der Waals surface area contributed by atoms with Crippen LogP contribution in [0.5, 0.6) is 0 Å². The van der Waals surface area contributed by atoms with Crippen LogP contribution in [-0.4, -0.2) is 4.98 Å². The molecule has 3 heteroatoms. The van der Waals surface area contributed by atoms with E-state index in [1.807, 2.05) is 18.3 Å². The molecule has 13 heavy (non-hydrogen) atoms. The lowest BCUT2D eigenvalue weighted by Crippen LogP contribution is -2.38. The average Bonchev–Trinajstić information content (AvgIpc) is 2.49. The van der Waals surface area contributed by atoms with E-state index in [0.29, 0.717) is 0 Å². The topological polar surface area (TPSA) is 43.4 Å². The maximum atomic E-state index is 3.68. The Morgan fingerprint density at radius 2 is 2.23 bits per heavy atom. The van der Waals surface area contributed by atoms with Gasteiger partial charge in [0.05, 0.1) is 6.20 Å². The smallest absolute Gasteiger partial charge is 0.0916 e. The third-order valence-electron chi connectivity index (χ3n) is 1.97. The minimum Gasteiger partial charge on any atom is -0.361 e. The molecule has 0 saturated heterocycles. The van der Waals surface area contributed by atoms with Crippen molar-refractivity contribution in [2.24, 2.45) is 0 Å². The normalized spacial score (nSPS) is 11.5. The summed E-state index contributed by atoms with van der Waals surface area (Å²) in [6.07, 6.45) is 5.77. The van der Waals surface area contributed by atoms with Gasteiger partial charge in [-0.15, -0.1) is 0 Å². The summed E-state index contributed by atoms with van der Waals surface area (Å²) in [5.41, 5.74) is 6.00. The molecule has 0 aliphatic rings. The van der Waals surface area contributed by atoms with Crippen molar-refractivity contribution in [1.29, 1.82) is 0 Å². The van der Waals surface area contributed by atoms with E-state index >= 15 is 0 Å². The minimum absolute atomic E-state index is 1.09. The first-order chi connectivity index (χ1) is 6.31. The van der Waals surface area contributed by atoms with Crippen molar-refractivity contribution < 1.29 is 5.73 Å².